The van der Waals surface area contributed by atoms with Gasteiger partial charge >= 0.3 is 0 Å². The second-order valence-corrected chi connectivity index (χ2v) is 5.91. The van der Waals surface area contributed by atoms with Crippen LogP contribution < -0.4 is 5.32 Å². The summed E-state index contributed by atoms with van der Waals surface area (Å²) < 4.78 is 0. The molecule has 0 saturated heterocycles. The Morgan fingerprint density at radius 2 is 1.74 bits per heavy atom. The highest BCUT2D eigenvalue weighted by Gasteiger charge is 2.17. The molecular weight excluding hydrogens is 282 g/mol. The Kier molecular flexibility index (Phi) is 5.73. The number of carbonyl (C=O) groups is 1. The van der Waals surface area contributed by atoms with E-state index in [1.54, 1.807) is 6.92 Å². The van der Waals surface area contributed by atoms with Gasteiger partial charge in [-0.3, -0.25) is 10.1 Å². The molecule has 2 nitrogen and oxygen atoms in total. The van der Waals surface area contributed by atoms with Gasteiger partial charge in [-0.15, -0.1) is 0 Å². The first-order valence-corrected chi connectivity index (χ1v) is 7.95. The number of hydrogen-bond acceptors (Lipinski definition) is 2. The molecule has 2 heteroatoms. The van der Waals surface area contributed by atoms with Gasteiger partial charge in [-0.2, -0.15) is 0 Å². The Morgan fingerprint density at radius 3 is 2.30 bits per heavy atom. The van der Waals surface area contributed by atoms with Gasteiger partial charge in [-0.05, 0) is 38.0 Å². The zero-order valence-electron chi connectivity index (χ0n) is 14.0. The molecule has 0 bridgehead atoms. The summed E-state index contributed by atoms with van der Waals surface area (Å²) in [6, 6.07) is 17.8. The van der Waals surface area contributed by atoms with Crippen LogP contribution in [0.5, 0.6) is 0 Å². The van der Waals surface area contributed by atoms with Crippen LogP contribution >= 0.6 is 0 Å². The Hall–Kier alpha value is -2.37. The fourth-order valence-corrected chi connectivity index (χ4v) is 2.15. The third-order valence-corrected chi connectivity index (χ3v) is 4.01. The van der Waals surface area contributed by atoms with Crippen LogP contribution in [0, 0.1) is 11.8 Å². The normalized spacial score (nSPS) is 12.8. The summed E-state index contributed by atoms with van der Waals surface area (Å²) in [4.78, 5) is 11.3. The quantitative estimate of drug-likeness (QED) is 0.662. The molecule has 0 aromatic heterocycles. The lowest BCUT2D eigenvalue weighted by Crippen LogP contribution is -2.39. The van der Waals surface area contributed by atoms with Crippen LogP contribution in [0.15, 0.2) is 54.6 Å². The molecule has 1 atom stereocenters. The fraction of sp³-hybridized carbons (Fsp3) is 0.286. The van der Waals surface area contributed by atoms with Crippen molar-refractivity contribution in [3.63, 3.8) is 0 Å². The summed E-state index contributed by atoms with van der Waals surface area (Å²) in [5.74, 6) is 6.63. The first-order valence-electron chi connectivity index (χ1n) is 7.95. The van der Waals surface area contributed by atoms with Gasteiger partial charge < -0.3 is 0 Å². The number of ketones is 1. The van der Waals surface area contributed by atoms with Crippen molar-refractivity contribution in [3.8, 4) is 11.8 Å². The van der Waals surface area contributed by atoms with E-state index in [9.17, 15) is 4.79 Å². The Balaban J connectivity index is 2.07. The van der Waals surface area contributed by atoms with E-state index in [1.807, 2.05) is 42.5 Å². The van der Waals surface area contributed by atoms with Crippen molar-refractivity contribution >= 4 is 5.78 Å². The van der Waals surface area contributed by atoms with Crippen molar-refractivity contribution < 1.29 is 4.79 Å². The molecular formula is C21H23NO. The smallest absolute Gasteiger partial charge is 0.159 e. The second kappa shape index (κ2) is 7.76. The summed E-state index contributed by atoms with van der Waals surface area (Å²) in [5.41, 5.74) is 2.65. The van der Waals surface area contributed by atoms with Gasteiger partial charge in [0.1, 0.15) is 0 Å². The van der Waals surface area contributed by atoms with Gasteiger partial charge in [0, 0.05) is 17.7 Å². The van der Waals surface area contributed by atoms with Crippen molar-refractivity contribution in [2.45, 2.75) is 39.3 Å². The molecule has 2 aromatic carbocycles. The maximum Gasteiger partial charge on any atom is 0.159 e. The van der Waals surface area contributed by atoms with Crippen LogP contribution in [0.2, 0.25) is 0 Å². The molecule has 0 spiro atoms. The van der Waals surface area contributed by atoms with Crippen molar-refractivity contribution in [1.82, 2.24) is 5.32 Å². The SMILES string of the molecule is CCC(C)(C#Cc1ccc(C(C)=O)cc1)NCc1ccccc1. The van der Waals surface area contributed by atoms with Crippen LogP contribution in [0.25, 0.3) is 0 Å². The number of carbonyl (C=O) groups excluding carboxylic acids is 1. The number of rotatable bonds is 5. The molecule has 118 valence electrons. The minimum Gasteiger partial charge on any atom is -0.297 e. The molecule has 0 heterocycles. The Bertz CT molecular complexity index is 707. The largest absolute Gasteiger partial charge is 0.297 e. The van der Waals surface area contributed by atoms with E-state index in [0.29, 0.717) is 0 Å². The van der Waals surface area contributed by atoms with Crippen LogP contribution in [0.4, 0.5) is 0 Å². The third kappa shape index (κ3) is 5.09. The predicted octanol–water partition coefficient (Wildman–Crippen LogP) is 4.20. The van der Waals surface area contributed by atoms with Gasteiger partial charge in [0.05, 0.1) is 5.54 Å². The summed E-state index contributed by atoms with van der Waals surface area (Å²) in [5, 5.41) is 3.53. The molecule has 2 rings (SSSR count). The van der Waals surface area contributed by atoms with Crippen molar-refractivity contribution in [2.24, 2.45) is 0 Å². The number of benzene rings is 2. The lowest BCUT2D eigenvalue weighted by atomic mass is 9.98. The molecule has 0 fully saturated rings. The third-order valence-electron chi connectivity index (χ3n) is 4.01. The number of hydrogen-bond donors (Lipinski definition) is 1. The first kappa shape index (κ1) is 17.0. The molecule has 0 aliphatic rings. The molecule has 0 aliphatic carbocycles. The van der Waals surface area contributed by atoms with Crippen LogP contribution in [-0.4, -0.2) is 11.3 Å². The van der Waals surface area contributed by atoms with Crippen LogP contribution in [0.3, 0.4) is 0 Å². The van der Waals surface area contributed by atoms with E-state index in [1.165, 1.54) is 5.56 Å². The highest BCUT2D eigenvalue weighted by Crippen LogP contribution is 2.11. The van der Waals surface area contributed by atoms with Gasteiger partial charge in [0.2, 0.25) is 0 Å². The minimum atomic E-state index is -0.241. The minimum absolute atomic E-state index is 0.0763. The number of Topliss-reactive ketones (excluding diaryl/α,β-unsaturated/α-hetero) is 1. The molecule has 0 saturated carbocycles. The highest BCUT2D eigenvalue weighted by molar-refractivity contribution is 5.94. The van der Waals surface area contributed by atoms with E-state index < -0.39 is 0 Å². The molecule has 0 amide bonds. The maximum atomic E-state index is 11.3. The standard InChI is InChI=1S/C21H23NO/c1-4-21(3,22-16-19-8-6-5-7-9-19)15-14-18-10-12-20(13-11-18)17(2)23/h5-13,22H,4,16H2,1-3H3. The lowest BCUT2D eigenvalue weighted by Gasteiger charge is -2.23. The van der Waals surface area contributed by atoms with Gasteiger partial charge in [0.25, 0.3) is 0 Å². The van der Waals surface area contributed by atoms with E-state index in [-0.39, 0.29) is 11.3 Å². The van der Waals surface area contributed by atoms with Gasteiger partial charge in [-0.1, -0.05) is 61.2 Å². The summed E-state index contributed by atoms with van der Waals surface area (Å²) in [6.45, 7) is 6.61. The average Bonchev–Trinajstić information content (AvgIpc) is 2.59. The van der Waals surface area contributed by atoms with Crippen molar-refractivity contribution in [2.75, 3.05) is 0 Å². The van der Waals surface area contributed by atoms with E-state index in [2.05, 4.69) is 43.1 Å². The maximum absolute atomic E-state index is 11.3. The van der Waals surface area contributed by atoms with Crippen molar-refractivity contribution in [1.29, 1.82) is 0 Å². The summed E-state index contributed by atoms with van der Waals surface area (Å²) in [7, 11) is 0. The first-order chi connectivity index (χ1) is 11.0. The topological polar surface area (TPSA) is 29.1 Å². The zero-order chi connectivity index (χ0) is 16.7. The fourth-order valence-electron chi connectivity index (χ4n) is 2.15. The second-order valence-electron chi connectivity index (χ2n) is 5.91. The zero-order valence-corrected chi connectivity index (χ0v) is 14.0. The Labute approximate surface area is 138 Å². The van der Waals surface area contributed by atoms with Crippen LogP contribution in [-0.2, 0) is 6.54 Å². The van der Waals surface area contributed by atoms with Crippen LogP contribution in [0.1, 0.15) is 48.7 Å². The molecule has 1 unspecified atom stereocenters. The number of nitrogens with one attached hydrogen (secondary N) is 1. The summed E-state index contributed by atoms with van der Waals surface area (Å²) >= 11 is 0. The summed E-state index contributed by atoms with van der Waals surface area (Å²) in [6.07, 6.45) is 0.915. The Morgan fingerprint density at radius 1 is 1.09 bits per heavy atom. The van der Waals surface area contributed by atoms with E-state index >= 15 is 0 Å². The molecule has 0 aliphatic heterocycles. The monoisotopic (exact) mass is 305 g/mol. The molecule has 2 aromatic rings. The van der Waals surface area contributed by atoms with Gasteiger partial charge in [-0.25, -0.2) is 0 Å². The van der Waals surface area contributed by atoms with E-state index in [0.717, 1.165) is 24.1 Å². The van der Waals surface area contributed by atoms with Crippen molar-refractivity contribution in [3.05, 3.63) is 71.3 Å². The van der Waals surface area contributed by atoms with E-state index in [4.69, 9.17) is 0 Å². The molecule has 1 N–H and O–H groups in total. The lowest BCUT2D eigenvalue weighted by molar-refractivity contribution is 0.101. The van der Waals surface area contributed by atoms with Gasteiger partial charge in [0.15, 0.2) is 5.78 Å². The predicted molar refractivity (Wildman–Crippen MR) is 95.3 cm³/mol. The molecule has 23 heavy (non-hydrogen) atoms. The average molecular weight is 305 g/mol. The highest BCUT2D eigenvalue weighted by atomic mass is 16.1. The molecule has 0 radical (unpaired) electrons.